The number of hydrogen-bond donors (Lipinski definition) is 1. The molecule has 1 aromatic rings. The summed E-state index contributed by atoms with van der Waals surface area (Å²) in [5.74, 6) is -0.826. The normalized spacial score (nSPS) is 10.4. The van der Waals surface area contributed by atoms with Gasteiger partial charge in [-0.3, -0.25) is 4.79 Å². The Morgan fingerprint density at radius 1 is 1.42 bits per heavy atom. The van der Waals surface area contributed by atoms with E-state index in [0.717, 1.165) is 0 Å². The number of carbonyl (C=O) groups excluding carboxylic acids is 2. The summed E-state index contributed by atoms with van der Waals surface area (Å²) in [5, 5.41) is 0. The minimum atomic E-state index is -0.579. The maximum Gasteiger partial charge on any atom is 0.339 e. The van der Waals surface area contributed by atoms with Gasteiger partial charge in [0.05, 0.1) is 5.56 Å². The smallest absolute Gasteiger partial charge is 0.339 e. The molecule has 5 nitrogen and oxygen atoms in total. The van der Waals surface area contributed by atoms with Crippen LogP contribution in [-0.4, -0.2) is 36.5 Å². The van der Waals surface area contributed by atoms with Gasteiger partial charge in [-0.15, -0.1) is 0 Å². The summed E-state index contributed by atoms with van der Waals surface area (Å²) in [6.07, 6.45) is 0. The minimum Gasteiger partial charge on any atom is -0.452 e. The number of anilines is 1. The van der Waals surface area contributed by atoms with Crippen molar-refractivity contribution in [3.05, 3.63) is 28.2 Å². The van der Waals surface area contributed by atoms with Gasteiger partial charge < -0.3 is 15.4 Å². The molecule has 2 N–H and O–H groups in total. The molecule has 1 rings (SSSR count). The second kappa shape index (κ2) is 6.56. The number of carbonyl (C=O) groups is 2. The number of rotatable bonds is 4. The number of amides is 1. The molecule has 0 unspecified atom stereocenters. The highest BCUT2D eigenvalue weighted by Gasteiger charge is 2.17. The zero-order chi connectivity index (χ0) is 14.6. The van der Waals surface area contributed by atoms with Crippen molar-refractivity contribution in [3.63, 3.8) is 0 Å². The third-order valence-electron chi connectivity index (χ3n) is 2.71. The van der Waals surface area contributed by atoms with Crippen LogP contribution in [0.3, 0.4) is 0 Å². The molecular formula is C13H17BrN2O3. The number of nitrogens with zero attached hydrogens (tertiary/aromatic N) is 1. The summed E-state index contributed by atoms with van der Waals surface area (Å²) in [5.41, 5.74) is 6.37. The molecule has 0 saturated heterocycles. The van der Waals surface area contributed by atoms with Crippen molar-refractivity contribution in [1.82, 2.24) is 4.90 Å². The lowest BCUT2D eigenvalue weighted by molar-refractivity contribution is -0.134. The molecule has 0 saturated carbocycles. The second-order valence-electron chi connectivity index (χ2n) is 4.41. The number of halogens is 1. The Balaban J connectivity index is 2.66. The number of ether oxygens (including phenoxy) is 1. The van der Waals surface area contributed by atoms with Crippen molar-refractivity contribution in [2.75, 3.05) is 19.4 Å². The van der Waals surface area contributed by atoms with Crippen LogP contribution in [0.2, 0.25) is 0 Å². The molecule has 0 aliphatic carbocycles. The van der Waals surface area contributed by atoms with Gasteiger partial charge in [0, 0.05) is 23.2 Å². The summed E-state index contributed by atoms with van der Waals surface area (Å²) in [4.78, 5) is 25.0. The maximum atomic E-state index is 11.8. The zero-order valence-corrected chi connectivity index (χ0v) is 12.7. The zero-order valence-electron chi connectivity index (χ0n) is 11.1. The molecule has 1 aromatic carbocycles. The fraction of sp³-hybridized carbons (Fsp3) is 0.385. The van der Waals surface area contributed by atoms with Crippen molar-refractivity contribution < 1.29 is 14.3 Å². The SMILES string of the molecule is CC(C)N(C)C(=O)COC(=O)c1cc(N)ccc1Br. The Morgan fingerprint density at radius 3 is 2.63 bits per heavy atom. The van der Waals surface area contributed by atoms with Crippen molar-refractivity contribution in [2.45, 2.75) is 19.9 Å². The van der Waals surface area contributed by atoms with Gasteiger partial charge in [-0.05, 0) is 48.0 Å². The van der Waals surface area contributed by atoms with E-state index in [-0.39, 0.29) is 18.6 Å². The van der Waals surface area contributed by atoms with Crippen LogP contribution >= 0.6 is 15.9 Å². The standard InChI is InChI=1S/C13H17BrN2O3/c1-8(2)16(3)12(17)7-19-13(18)10-6-9(15)4-5-11(10)14/h4-6,8H,7,15H2,1-3H3. The molecule has 6 heteroatoms. The monoisotopic (exact) mass is 328 g/mol. The quantitative estimate of drug-likeness (QED) is 0.678. The van der Waals surface area contributed by atoms with E-state index in [2.05, 4.69) is 15.9 Å². The second-order valence-corrected chi connectivity index (χ2v) is 5.27. The molecule has 1 amide bonds. The highest BCUT2D eigenvalue weighted by atomic mass is 79.9. The van der Waals surface area contributed by atoms with E-state index >= 15 is 0 Å². The van der Waals surface area contributed by atoms with Gasteiger partial charge in [-0.2, -0.15) is 0 Å². The van der Waals surface area contributed by atoms with Gasteiger partial charge in [0.15, 0.2) is 6.61 Å². The van der Waals surface area contributed by atoms with Crippen LogP contribution in [0.25, 0.3) is 0 Å². The van der Waals surface area contributed by atoms with Gasteiger partial charge in [-0.1, -0.05) is 0 Å². The molecule has 0 fully saturated rings. The molecule has 0 aliphatic rings. The fourth-order valence-corrected chi connectivity index (χ4v) is 1.70. The summed E-state index contributed by atoms with van der Waals surface area (Å²) in [6.45, 7) is 3.48. The molecular weight excluding hydrogens is 312 g/mol. The van der Waals surface area contributed by atoms with E-state index in [0.29, 0.717) is 15.7 Å². The lowest BCUT2D eigenvalue weighted by Gasteiger charge is -2.21. The summed E-state index contributed by atoms with van der Waals surface area (Å²) < 4.78 is 5.56. The molecule has 0 atom stereocenters. The van der Waals surface area contributed by atoms with Gasteiger partial charge >= 0.3 is 5.97 Å². The summed E-state index contributed by atoms with van der Waals surface area (Å²) in [6, 6.07) is 4.89. The van der Waals surface area contributed by atoms with E-state index in [4.69, 9.17) is 10.5 Å². The van der Waals surface area contributed by atoms with E-state index in [1.165, 1.54) is 11.0 Å². The first-order valence-electron chi connectivity index (χ1n) is 5.80. The van der Waals surface area contributed by atoms with E-state index < -0.39 is 5.97 Å². The molecule has 104 valence electrons. The summed E-state index contributed by atoms with van der Waals surface area (Å²) in [7, 11) is 1.66. The molecule has 0 aliphatic heterocycles. The number of hydrogen-bond acceptors (Lipinski definition) is 4. The van der Waals surface area contributed by atoms with Crippen LogP contribution < -0.4 is 5.73 Å². The average molecular weight is 329 g/mol. The predicted molar refractivity (Wildman–Crippen MR) is 76.7 cm³/mol. The van der Waals surface area contributed by atoms with Crippen LogP contribution in [0.4, 0.5) is 5.69 Å². The van der Waals surface area contributed by atoms with Crippen LogP contribution in [0.15, 0.2) is 22.7 Å². The fourth-order valence-electron chi connectivity index (χ4n) is 1.29. The highest BCUT2D eigenvalue weighted by Crippen LogP contribution is 2.20. The van der Waals surface area contributed by atoms with Crippen molar-refractivity contribution in [2.24, 2.45) is 0 Å². The first-order valence-corrected chi connectivity index (χ1v) is 6.60. The van der Waals surface area contributed by atoms with Crippen molar-refractivity contribution in [3.8, 4) is 0 Å². The van der Waals surface area contributed by atoms with Crippen LogP contribution in [0, 0.1) is 0 Å². The Labute approximate surface area is 120 Å². The van der Waals surface area contributed by atoms with E-state index in [1.807, 2.05) is 13.8 Å². The van der Waals surface area contributed by atoms with Gasteiger partial charge in [0.1, 0.15) is 0 Å². The first kappa shape index (κ1) is 15.5. The van der Waals surface area contributed by atoms with E-state index in [9.17, 15) is 9.59 Å². The Kier molecular flexibility index (Phi) is 5.35. The maximum absolute atomic E-state index is 11.8. The minimum absolute atomic E-state index is 0.0605. The average Bonchev–Trinajstić information content (AvgIpc) is 2.37. The van der Waals surface area contributed by atoms with Gasteiger partial charge in [0.25, 0.3) is 5.91 Å². The lowest BCUT2D eigenvalue weighted by Crippen LogP contribution is -2.36. The van der Waals surface area contributed by atoms with Crippen LogP contribution in [-0.2, 0) is 9.53 Å². The van der Waals surface area contributed by atoms with Crippen LogP contribution in [0.1, 0.15) is 24.2 Å². The Morgan fingerprint density at radius 2 is 2.05 bits per heavy atom. The van der Waals surface area contributed by atoms with E-state index in [1.54, 1.807) is 19.2 Å². The number of likely N-dealkylation sites (N-methyl/N-ethyl adjacent to an activating group) is 1. The molecule has 0 heterocycles. The third kappa shape index (κ3) is 4.24. The molecule has 0 aromatic heterocycles. The topological polar surface area (TPSA) is 72.6 Å². The third-order valence-corrected chi connectivity index (χ3v) is 3.40. The largest absolute Gasteiger partial charge is 0.452 e. The summed E-state index contributed by atoms with van der Waals surface area (Å²) >= 11 is 3.24. The van der Waals surface area contributed by atoms with Gasteiger partial charge in [-0.25, -0.2) is 4.79 Å². The predicted octanol–water partition coefficient (Wildman–Crippen LogP) is 2.05. The number of nitrogens with two attached hydrogens (primary N) is 1. The number of esters is 1. The number of nitrogen functional groups attached to an aromatic ring is 1. The molecule has 19 heavy (non-hydrogen) atoms. The first-order chi connectivity index (χ1) is 8.82. The molecule has 0 spiro atoms. The number of benzene rings is 1. The van der Waals surface area contributed by atoms with Crippen molar-refractivity contribution in [1.29, 1.82) is 0 Å². The highest BCUT2D eigenvalue weighted by molar-refractivity contribution is 9.10. The van der Waals surface area contributed by atoms with Gasteiger partial charge in [0.2, 0.25) is 0 Å². The lowest BCUT2D eigenvalue weighted by atomic mass is 10.2. The Hall–Kier alpha value is -1.56. The van der Waals surface area contributed by atoms with Crippen molar-refractivity contribution >= 4 is 33.5 Å². The Bertz CT molecular complexity index is 489. The van der Waals surface area contributed by atoms with Crippen LogP contribution in [0.5, 0.6) is 0 Å². The molecule has 0 bridgehead atoms. The molecule has 0 radical (unpaired) electrons.